The van der Waals surface area contributed by atoms with Crippen LogP contribution in [0.5, 0.6) is 5.75 Å². The normalized spacial score (nSPS) is 16.6. The lowest BCUT2D eigenvalue weighted by Crippen LogP contribution is -2.37. The molecule has 0 unspecified atom stereocenters. The Kier molecular flexibility index (Phi) is 5.95. The zero-order valence-corrected chi connectivity index (χ0v) is 17.2. The average molecular weight is 392 g/mol. The minimum atomic E-state index is 0.515. The molecule has 152 valence electrons. The molecule has 0 aliphatic heterocycles. The highest BCUT2D eigenvalue weighted by molar-refractivity contribution is 5.70. The molecule has 0 atom stereocenters. The van der Waals surface area contributed by atoms with E-state index in [9.17, 15) is 0 Å². The fraction of sp³-hybridized carbons (Fsp3) is 0.417. The van der Waals surface area contributed by atoms with Crippen molar-refractivity contribution in [2.24, 2.45) is 5.41 Å². The highest BCUT2D eigenvalue weighted by Crippen LogP contribution is 2.35. The number of hydrogen-bond donors (Lipinski definition) is 1. The fourth-order valence-corrected chi connectivity index (χ4v) is 3.91. The molecule has 1 N–H and O–H groups in total. The molecule has 0 bridgehead atoms. The van der Waals surface area contributed by atoms with Crippen LogP contribution in [0.4, 0.5) is 0 Å². The van der Waals surface area contributed by atoms with Gasteiger partial charge in [0.1, 0.15) is 12.4 Å². The molecule has 2 aromatic carbocycles. The molecular weight excluding hydrogens is 362 g/mol. The molecule has 3 aromatic rings. The van der Waals surface area contributed by atoms with Gasteiger partial charge >= 0.3 is 0 Å². The molecule has 1 heterocycles. The molecule has 5 nitrogen and oxygen atoms in total. The molecule has 1 aromatic heterocycles. The number of hydrogen-bond acceptors (Lipinski definition) is 5. The first-order valence-electron chi connectivity index (χ1n) is 10.4. The van der Waals surface area contributed by atoms with E-state index in [1.165, 1.54) is 32.1 Å². The Morgan fingerprint density at radius 1 is 1.03 bits per heavy atom. The maximum atomic E-state index is 5.92. The van der Waals surface area contributed by atoms with E-state index in [2.05, 4.69) is 53.6 Å². The van der Waals surface area contributed by atoms with Crippen LogP contribution in [0.25, 0.3) is 22.5 Å². The van der Waals surface area contributed by atoms with Gasteiger partial charge in [0.15, 0.2) is 0 Å². The summed E-state index contributed by atoms with van der Waals surface area (Å²) in [7, 11) is 0. The van der Waals surface area contributed by atoms with Gasteiger partial charge in [-0.2, -0.15) is 4.98 Å². The molecule has 0 radical (unpaired) electrons. The summed E-state index contributed by atoms with van der Waals surface area (Å²) in [6.07, 6.45) is 6.50. The second kappa shape index (κ2) is 8.78. The van der Waals surface area contributed by atoms with Crippen molar-refractivity contribution in [3.05, 3.63) is 54.9 Å². The summed E-state index contributed by atoms with van der Waals surface area (Å²) < 4.78 is 10.8. The maximum absolute atomic E-state index is 5.92. The Hall–Kier alpha value is -2.66. The van der Waals surface area contributed by atoms with Crippen molar-refractivity contribution in [2.45, 2.75) is 45.6 Å². The smallest absolute Gasteiger partial charge is 0.214 e. The van der Waals surface area contributed by atoms with Crippen LogP contribution in [0.1, 0.15) is 39.5 Å². The third-order valence-electron chi connectivity index (χ3n) is 5.81. The average Bonchev–Trinajstić information content (AvgIpc) is 3.28. The van der Waals surface area contributed by atoms with Crippen LogP contribution in [0.3, 0.4) is 0 Å². The monoisotopic (exact) mass is 391 g/mol. The summed E-state index contributed by atoms with van der Waals surface area (Å²) in [6.45, 7) is 6.32. The van der Waals surface area contributed by atoms with Crippen LogP contribution in [-0.4, -0.2) is 29.3 Å². The van der Waals surface area contributed by atoms with Crippen molar-refractivity contribution >= 4 is 0 Å². The van der Waals surface area contributed by atoms with Gasteiger partial charge in [-0.15, -0.1) is 0 Å². The summed E-state index contributed by atoms with van der Waals surface area (Å²) in [4.78, 5) is 4.11. The first-order chi connectivity index (χ1) is 14.1. The number of rotatable bonds is 7. The zero-order chi connectivity index (χ0) is 20.1. The van der Waals surface area contributed by atoms with E-state index in [4.69, 9.17) is 9.26 Å². The van der Waals surface area contributed by atoms with E-state index in [1.807, 2.05) is 24.3 Å². The standard InChI is InChI=1S/C24H29N3O2/c1-24(2)12-10-21(11-13-24)25-14-15-28-22-8-6-18(7-9-22)19-4-3-5-20(16-19)23-26-17-29-27-23/h3-9,16-17,21,25H,10-15H2,1-2H3. The van der Waals surface area contributed by atoms with Crippen LogP contribution in [0.15, 0.2) is 59.4 Å². The van der Waals surface area contributed by atoms with Crippen molar-refractivity contribution in [3.63, 3.8) is 0 Å². The van der Waals surface area contributed by atoms with Gasteiger partial charge in [-0.25, -0.2) is 0 Å². The molecule has 1 aliphatic rings. The van der Waals surface area contributed by atoms with Crippen molar-refractivity contribution < 1.29 is 9.26 Å². The molecule has 4 rings (SSSR count). The van der Waals surface area contributed by atoms with Crippen molar-refractivity contribution in [1.29, 1.82) is 0 Å². The van der Waals surface area contributed by atoms with Crippen LogP contribution >= 0.6 is 0 Å². The Balaban J connectivity index is 1.27. The topological polar surface area (TPSA) is 60.2 Å². The number of benzene rings is 2. The number of ether oxygens (including phenoxy) is 1. The fourth-order valence-electron chi connectivity index (χ4n) is 3.91. The Morgan fingerprint density at radius 2 is 1.79 bits per heavy atom. The minimum Gasteiger partial charge on any atom is -0.492 e. The Labute approximate surface area is 172 Å². The summed E-state index contributed by atoms with van der Waals surface area (Å²) in [5.41, 5.74) is 3.70. The van der Waals surface area contributed by atoms with E-state index in [0.29, 0.717) is 23.9 Å². The molecule has 0 amide bonds. The molecule has 0 spiro atoms. The lowest BCUT2D eigenvalue weighted by atomic mass is 9.75. The molecule has 1 aliphatic carbocycles. The van der Waals surface area contributed by atoms with Gasteiger partial charge in [-0.05, 0) is 60.4 Å². The van der Waals surface area contributed by atoms with Crippen molar-refractivity contribution in [1.82, 2.24) is 15.5 Å². The lowest BCUT2D eigenvalue weighted by Gasteiger charge is -2.34. The van der Waals surface area contributed by atoms with E-state index < -0.39 is 0 Å². The predicted octanol–water partition coefficient (Wildman–Crippen LogP) is 5.34. The molecule has 5 heteroatoms. The van der Waals surface area contributed by atoms with Gasteiger partial charge in [0.25, 0.3) is 0 Å². The van der Waals surface area contributed by atoms with Crippen LogP contribution in [-0.2, 0) is 0 Å². The first-order valence-corrected chi connectivity index (χ1v) is 10.4. The Bertz CT molecular complexity index is 894. The van der Waals surface area contributed by atoms with Gasteiger partial charge in [0.2, 0.25) is 12.2 Å². The number of aromatic nitrogens is 2. The van der Waals surface area contributed by atoms with Gasteiger partial charge in [-0.1, -0.05) is 49.3 Å². The molecular formula is C24H29N3O2. The maximum Gasteiger partial charge on any atom is 0.214 e. The highest BCUT2D eigenvalue weighted by atomic mass is 16.5. The lowest BCUT2D eigenvalue weighted by molar-refractivity contribution is 0.200. The predicted molar refractivity (Wildman–Crippen MR) is 115 cm³/mol. The SMILES string of the molecule is CC1(C)CCC(NCCOc2ccc(-c3cccc(-c4ncon4)c3)cc2)CC1. The molecule has 0 saturated heterocycles. The van der Waals surface area contributed by atoms with Crippen LogP contribution in [0.2, 0.25) is 0 Å². The van der Waals surface area contributed by atoms with Gasteiger partial charge in [-0.3, -0.25) is 0 Å². The second-order valence-electron chi connectivity index (χ2n) is 8.60. The van der Waals surface area contributed by atoms with Gasteiger partial charge in [0, 0.05) is 18.2 Å². The van der Waals surface area contributed by atoms with E-state index in [-0.39, 0.29) is 0 Å². The van der Waals surface area contributed by atoms with E-state index in [1.54, 1.807) is 0 Å². The summed E-state index contributed by atoms with van der Waals surface area (Å²) >= 11 is 0. The Morgan fingerprint density at radius 3 is 2.52 bits per heavy atom. The van der Waals surface area contributed by atoms with E-state index >= 15 is 0 Å². The highest BCUT2D eigenvalue weighted by Gasteiger charge is 2.26. The number of nitrogens with one attached hydrogen (secondary N) is 1. The third kappa shape index (κ3) is 5.24. The van der Waals surface area contributed by atoms with Crippen LogP contribution < -0.4 is 10.1 Å². The zero-order valence-electron chi connectivity index (χ0n) is 17.2. The summed E-state index contributed by atoms with van der Waals surface area (Å²) in [5, 5.41) is 7.55. The van der Waals surface area contributed by atoms with Crippen molar-refractivity contribution in [3.8, 4) is 28.3 Å². The van der Waals surface area contributed by atoms with Crippen LogP contribution in [0, 0.1) is 5.41 Å². The molecule has 1 saturated carbocycles. The number of nitrogens with zero attached hydrogens (tertiary/aromatic N) is 2. The van der Waals surface area contributed by atoms with Crippen molar-refractivity contribution in [2.75, 3.05) is 13.2 Å². The largest absolute Gasteiger partial charge is 0.492 e. The minimum absolute atomic E-state index is 0.515. The molecule has 29 heavy (non-hydrogen) atoms. The van der Waals surface area contributed by atoms with E-state index in [0.717, 1.165) is 29.0 Å². The summed E-state index contributed by atoms with van der Waals surface area (Å²) in [5.74, 6) is 1.50. The quantitative estimate of drug-likeness (QED) is 0.551. The second-order valence-corrected chi connectivity index (χ2v) is 8.60. The summed E-state index contributed by atoms with van der Waals surface area (Å²) in [6, 6.07) is 17.0. The van der Waals surface area contributed by atoms with Gasteiger partial charge < -0.3 is 14.6 Å². The third-order valence-corrected chi connectivity index (χ3v) is 5.81. The first kappa shape index (κ1) is 19.6. The molecule has 1 fully saturated rings. The van der Waals surface area contributed by atoms with Gasteiger partial charge in [0.05, 0.1) is 0 Å².